The molecule has 0 aliphatic rings. The summed E-state index contributed by atoms with van der Waals surface area (Å²) in [5.74, 6) is -0.832. The maximum Gasteiger partial charge on any atom is 0.325 e. The van der Waals surface area contributed by atoms with Gasteiger partial charge in [-0.2, -0.15) is 0 Å². The Labute approximate surface area is 130 Å². The Morgan fingerprint density at radius 3 is 2.50 bits per heavy atom. The summed E-state index contributed by atoms with van der Waals surface area (Å²) in [6, 6.07) is 0. The molecule has 22 heavy (non-hydrogen) atoms. The van der Waals surface area contributed by atoms with Crippen molar-refractivity contribution in [2.75, 3.05) is 4.31 Å². The van der Waals surface area contributed by atoms with Crippen LogP contribution in [0.1, 0.15) is 34.8 Å². The van der Waals surface area contributed by atoms with Gasteiger partial charge in [-0.25, -0.2) is 19.1 Å². The van der Waals surface area contributed by atoms with Crippen molar-refractivity contribution in [2.24, 2.45) is 0 Å². The van der Waals surface area contributed by atoms with Gasteiger partial charge in [0, 0.05) is 18.6 Å². The second kappa shape index (κ2) is 7.88. The number of hydrogen-bond donors (Lipinski definition) is 3. The molecule has 9 nitrogen and oxygen atoms in total. The molecule has 2 aromatic rings. The highest BCUT2D eigenvalue weighted by Gasteiger charge is 2.22. The van der Waals surface area contributed by atoms with E-state index in [-0.39, 0.29) is 17.1 Å². The molecule has 0 radical (unpaired) electrons. The molecule has 2 rings (SSSR count). The number of aromatic amines is 2. The van der Waals surface area contributed by atoms with Gasteiger partial charge in [0.2, 0.25) is 0 Å². The number of carbonyl (C=O) groups excluding carboxylic acids is 2. The average Bonchev–Trinajstić information content (AvgIpc) is 2.55. The van der Waals surface area contributed by atoms with Crippen LogP contribution in [-0.2, 0) is 0 Å². The smallest absolute Gasteiger partial charge is 0.312 e. The molecule has 10 heteroatoms. The fourth-order valence-corrected chi connectivity index (χ4v) is 1.61. The Morgan fingerprint density at radius 1 is 1.27 bits per heavy atom. The lowest BCUT2D eigenvalue weighted by Gasteiger charge is -2.13. The maximum atomic E-state index is 12.1. The zero-order valence-electron chi connectivity index (χ0n) is 11.7. The van der Waals surface area contributed by atoms with Crippen LogP contribution in [0.15, 0.2) is 28.2 Å². The third-order valence-electron chi connectivity index (χ3n) is 2.26. The van der Waals surface area contributed by atoms with E-state index in [4.69, 9.17) is 0 Å². The van der Waals surface area contributed by atoms with E-state index in [2.05, 4.69) is 27.8 Å². The van der Waals surface area contributed by atoms with E-state index in [1.165, 1.54) is 12.4 Å². The summed E-state index contributed by atoms with van der Waals surface area (Å²) in [6.07, 6.45) is 3.84. The van der Waals surface area contributed by atoms with Crippen molar-refractivity contribution in [3.63, 3.8) is 0 Å². The first-order chi connectivity index (χ1) is 10.5. The minimum Gasteiger partial charge on any atom is -0.312 e. The number of nitrogens with one attached hydrogen (secondary N) is 2. The quantitative estimate of drug-likeness (QED) is 0.546. The van der Waals surface area contributed by atoms with Gasteiger partial charge >= 0.3 is 5.69 Å². The van der Waals surface area contributed by atoms with Gasteiger partial charge in [-0.15, -0.1) is 0 Å². The van der Waals surface area contributed by atoms with Gasteiger partial charge < -0.3 is 4.98 Å². The first-order valence-electron chi connectivity index (χ1n) is 6.16. The molecule has 2 heterocycles. The van der Waals surface area contributed by atoms with Crippen LogP contribution in [0.5, 0.6) is 0 Å². The minimum absolute atomic E-state index is 0.183. The molecule has 116 valence electrons. The van der Waals surface area contributed by atoms with Crippen molar-refractivity contribution >= 4 is 30.7 Å². The van der Waals surface area contributed by atoms with Crippen molar-refractivity contribution in [3.8, 4) is 0 Å². The number of nitrogens with zero attached hydrogens (tertiary/aromatic N) is 3. The third kappa shape index (κ3) is 3.67. The van der Waals surface area contributed by atoms with Gasteiger partial charge in [0.1, 0.15) is 11.4 Å². The Bertz CT molecular complexity index is 785. The van der Waals surface area contributed by atoms with Crippen molar-refractivity contribution in [1.82, 2.24) is 19.9 Å². The Balaban J connectivity index is 0.00000116. The van der Waals surface area contributed by atoms with Crippen LogP contribution in [0.4, 0.5) is 5.69 Å². The summed E-state index contributed by atoms with van der Waals surface area (Å²) >= 11 is 3.87. The van der Waals surface area contributed by atoms with E-state index in [9.17, 15) is 19.2 Å². The third-order valence-corrected chi connectivity index (χ3v) is 2.66. The van der Waals surface area contributed by atoms with Gasteiger partial charge in [-0.3, -0.25) is 19.4 Å². The molecule has 0 spiro atoms. The van der Waals surface area contributed by atoms with Gasteiger partial charge in [0.05, 0.1) is 0 Å². The number of thiol groups is 1. The van der Waals surface area contributed by atoms with E-state index in [1.807, 2.05) is 18.8 Å². The lowest BCUT2D eigenvalue weighted by atomic mass is 10.3. The normalized spacial score (nSPS) is 9.41. The lowest BCUT2D eigenvalue weighted by molar-refractivity contribution is 0.0994. The number of aldehydes is 1. The number of rotatable bonds is 3. The van der Waals surface area contributed by atoms with E-state index >= 15 is 0 Å². The zero-order chi connectivity index (χ0) is 16.7. The van der Waals surface area contributed by atoms with Crippen molar-refractivity contribution in [2.45, 2.75) is 13.8 Å². The van der Waals surface area contributed by atoms with E-state index < -0.39 is 17.2 Å². The number of hydrogen-bond acceptors (Lipinski definition) is 7. The molecular formula is C12H13N5O4S. The summed E-state index contributed by atoms with van der Waals surface area (Å²) < 4.78 is 0.659. The summed E-state index contributed by atoms with van der Waals surface area (Å²) in [6.45, 7) is 4.00. The summed E-state index contributed by atoms with van der Waals surface area (Å²) in [5, 5.41) is 0. The average molecular weight is 323 g/mol. The van der Waals surface area contributed by atoms with Crippen LogP contribution < -0.4 is 15.6 Å². The molecule has 0 saturated carbocycles. The van der Waals surface area contributed by atoms with Crippen LogP contribution in [0.2, 0.25) is 0 Å². The predicted octanol–water partition coefficient (Wildman–Crippen LogP) is 0.183. The molecule has 0 fully saturated rings. The zero-order valence-corrected chi connectivity index (χ0v) is 12.6. The van der Waals surface area contributed by atoms with Crippen molar-refractivity contribution in [1.29, 1.82) is 0 Å². The van der Waals surface area contributed by atoms with Crippen molar-refractivity contribution < 1.29 is 9.59 Å². The molecule has 0 saturated heterocycles. The SMILES string of the molecule is CC.O=Cc1nccnc1C(=O)N(S)c1c[nH]c(=O)[nH]c1=O. The Morgan fingerprint density at radius 2 is 1.91 bits per heavy atom. The molecular weight excluding hydrogens is 310 g/mol. The fourth-order valence-electron chi connectivity index (χ4n) is 1.37. The van der Waals surface area contributed by atoms with Gasteiger partial charge in [0.15, 0.2) is 12.0 Å². The van der Waals surface area contributed by atoms with Crippen molar-refractivity contribution in [3.05, 3.63) is 50.8 Å². The van der Waals surface area contributed by atoms with Crippen LogP contribution in [-0.4, -0.2) is 32.1 Å². The fraction of sp³-hybridized carbons (Fsp3) is 0.167. The molecule has 0 atom stereocenters. The molecule has 0 aliphatic heterocycles. The lowest BCUT2D eigenvalue weighted by Crippen LogP contribution is -2.32. The number of anilines is 1. The molecule has 1 amide bonds. The van der Waals surface area contributed by atoms with Crippen LogP contribution in [0.3, 0.4) is 0 Å². The molecule has 2 N–H and O–H groups in total. The van der Waals surface area contributed by atoms with Gasteiger partial charge in [-0.05, 0) is 0 Å². The second-order valence-corrected chi connectivity index (χ2v) is 3.88. The first kappa shape index (κ1) is 17.3. The predicted molar refractivity (Wildman–Crippen MR) is 82.2 cm³/mol. The van der Waals surface area contributed by atoms with Gasteiger partial charge in [-0.1, -0.05) is 26.7 Å². The Kier molecular flexibility index (Phi) is 6.20. The number of H-pyrrole nitrogens is 2. The topological polar surface area (TPSA) is 129 Å². The number of amides is 1. The monoisotopic (exact) mass is 323 g/mol. The van der Waals surface area contributed by atoms with Crippen LogP contribution in [0.25, 0.3) is 0 Å². The maximum absolute atomic E-state index is 12.1. The first-order valence-corrected chi connectivity index (χ1v) is 6.56. The summed E-state index contributed by atoms with van der Waals surface area (Å²) in [5.41, 5.74) is -2.20. The summed E-state index contributed by atoms with van der Waals surface area (Å²) in [4.78, 5) is 56.9. The van der Waals surface area contributed by atoms with E-state index in [0.29, 0.717) is 10.6 Å². The van der Waals surface area contributed by atoms with Gasteiger partial charge in [0.25, 0.3) is 11.5 Å². The molecule has 0 bridgehead atoms. The van der Waals surface area contributed by atoms with Crippen LogP contribution in [0, 0.1) is 0 Å². The highest BCUT2D eigenvalue weighted by atomic mass is 32.1. The standard InChI is InChI=1S/C10H7N5O4S.C2H6/c16-4-5-7(12-2-1-11-5)9(18)15(20)6-3-13-10(19)14-8(6)17;1-2/h1-4,20H,(H2,13,14,17,19);1-2H3. The van der Waals surface area contributed by atoms with E-state index in [0.717, 1.165) is 6.20 Å². The number of carbonyl (C=O) groups is 2. The molecule has 2 aromatic heterocycles. The second-order valence-electron chi connectivity index (χ2n) is 3.48. The highest BCUT2D eigenvalue weighted by Crippen LogP contribution is 2.13. The summed E-state index contributed by atoms with van der Waals surface area (Å²) in [7, 11) is 0. The highest BCUT2D eigenvalue weighted by molar-refractivity contribution is 7.82. The minimum atomic E-state index is -0.832. The number of aromatic nitrogens is 4. The molecule has 0 unspecified atom stereocenters. The molecule has 0 aromatic carbocycles. The Hall–Kier alpha value is -2.75. The van der Waals surface area contributed by atoms with E-state index in [1.54, 1.807) is 0 Å². The van der Waals surface area contributed by atoms with Crippen LogP contribution >= 0.6 is 12.8 Å². The largest absolute Gasteiger partial charge is 0.325 e. The molecule has 0 aliphatic carbocycles.